The van der Waals surface area contributed by atoms with Gasteiger partial charge in [0, 0.05) is 11.4 Å². The monoisotopic (exact) mass is 379 g/mol. The second-order valence-electron chi connectivity index (χ2n) is 6.34. The number of thiophene rings is 1. The predicted molar refractivity (Wildman–Crippen MR) is 94.4 cm³/mol. The van der Waals surface area contributed by atoms with E-state index in [9.17, 15) is 24.0 Å². The lowest BCUT2D eigenvalue weighted by Crippen LogP contribution is -2.58. The summed E-state index contributed by atoms with van der Waals surface area (Å²) < 4.78 is 0. The van der Waals surface area contributed by atoms with Gasteiger partial charge in [-0.05, 0) is 23.8 Å². The number of hydrogen-bond donors (Lipinski definition) is 3. The Morgan fingerprint density at radius 3 is 2.65 bits per heavy atom. The van der Waals surface area contributed by atoms with E-state index in [-0.39, 0.29) is 25.3 Å². The third-order valence-electron chi connectivity index (χ3n) is 3.98. The largest absolute Gasteiger partial charge is 0.349 e. The first kappa shape index (κ1) is 19.8. The summed E-state index contributed by atoms with van der Waals surface area (Å²) in [5.74, 6) is -3.84. The maximum atomic E-state index is 12.5. The molecule has 1 saturated heterocycles. The zero-order chi connectivity index (χ0) is 19.3. The molecule has 1 aliphatic heterocycles. The first-order valence-corrected chi connectivity index (χ1v) is 9.16. The molecule has 0 saturated carbocycles. The van der Waals surface area contributed by atoms with Crippen molar-refractivity contribution in [2.45, 2.75) is 38.8 Å². The topological polar surface area (TPSA) is 121 Å². The molecule has 2 heterocycles. The molecule has 2 rings (SSSR count). The highest BCUT2D eigenvalue weighted by Crippen LogP contribution is 2.10. The van der Waals surface area contributed by atoms with Crippen LogP contribution in [0.25, 0.3) is 0 Å². The second-order valence-corrected chi connectivity index (χ2v) is 7.38. The van der Waals surface area contributed by atoms with Crippen molar-refractivity contribution >= 4 is 40.6 Å². The summed E-state index contributed by atoms with van der Waals surface area (Å²) in [5.41, 5.74) is 0. The third kappa shape index (κ3) is 4.98. The number of carbonyl (C=O) groups is 5. The number of rotatable bonds is 7. The van der Waals surface area contributed by atoms with Crippen molar-refractivity contribution < 1.29 is 24.0 Å². The fraction of sp³-hybridized carbons (Fsp3) is 0.471. The van der Waals surface area contributed by atoms with Gasteiger partial charge in [0.1, 0.15) is 6.04 Å². The molecule has 1 aromatic heterocycles. The zero-order valence-electron chi connectivity index (χ0n) is 14.5. The lowest BCUT2D eigenvalue weighted by Gasteiger charge is -2.26. The van der Waals surface area contributed by atoms with Crippen molar-refractivity contribution in [2.24, 2.45) is 5.92 Å². The first-order valence-electron chi connectivity index (χ1n) is 8.28. The van der Waals surface area contributed by atoms with Gasteiger partial charge in [0.15, 0.2) is 0 Å². The van der Waals surface area contributed by atoms with Crippen LogP contribution in [0.2, 0.25) is 0 Å². The number of Topliss-reactive ketones (excluding diaryl/α,β-unsaturated/α-hetero) is 2. The highest BCUT2D eigenvalue weighted by Gasteiger charge is 2.34. The SMILES string of the molecule is CC(C)C(NC(=O)C(=O)Cc1cccs1)C(=O)NC1CCNC(=O)C1=O. The Morgan fingerprint density at radius 1 is 1.31 bits per heavy atom. The summed E-state index contributed by atoms with van der Waals surface area (Å²) in [4.78, 5) is 60.6. The predicted octanol–water partition coefficient (Wildman–Crippen LogP) is -0.426. The van der Waals surface area contributed by atoms with Crippen molar-refractivity contribution in [2.75, 3.05) is 6.54 Å². The maximum Gasteiger partial charge on any atom is 0.289 e. The van der Waals surface area contributed by atoms with E-state index in [1.165, 1.54) is 11.3 Å². The molecular weight excluding hydrogens is 358 g/mol. The summed E-state index contributed by atoms with van der Waals surface area (Å²) in [6.45, 7) is 3.71. The van der Waals surface area contributed by atoms with Gasteiger partial charge >= 0.3 is 0 Å². The van der Waals surface area contributed by atoms with E-state index in [0.29, 0.717) is 0 Å². The summed E-state index contributed by atoms with van der Waals surface area (Å²) in [6, 6.07) is 1.64. The van der Waals surface area contributed by atoms with Crippen LogP contribution in [0.15, 0.2) is 17.5 Å². The summed E-state index contributed by atoms with van der Waals surface area (Å²) in [7, 11) is 0. The number of amides is 3. The maximum absolute atomic E-state index is 12.5. The molecule has 2 atom stereocenters. The van der Waals surface area contributed by atoms with Gasteiger partial charge in [-0.15, -0.1) is 11.3 Å². The van der Waals surface area contributed by atoms with E-state index in [0.717, 1.165) is 4.88 Å². The normalized spacial score (nSPS) is 18.2. The van der Waals surface area contributed by atoms with E-state index in [1.54, 1.807) is 26.0 Å². The van der Waals surface area contributed by atoms with Crippen LogP contribution in [0.1, 0.15) is 25.1 Å². The van der Waals surface area contributed by atoms with E-state index in [1.807, 2.05) is 5.38 Å². The third-order valence-corrected chi connectivity index (χ3v) is 4.86. The van der Waals surface area contributed by atoms with Gasteiger partial charge in [-0.1, -0.05) is 19.9 Å². The molecule has 2 unspecified atom stereocenters. The molecular formula is C17H21N3O5S. The molecule has 8 nitrogen and oxygen atoms in total. The van der Waals surface area contributed by atoms with Crippen LogP contribution >= 0.6 is 11.3 Å². The minimum Gasteiger partial charge on any atom is -0.349 e. The van der Waals surface area contributed by atoms with Gasteiger partial charge in [0.2, 0.25) is 17.5 Å². The quantitative estimate of drug-likeness (QED) is 0.555. The minimum absolute atomic E-state index is 0.0305. The smallest absolute Gasteiger partial charge is 0.289 e. The Morgan fingerprint density at radius 2 is 2.04 bits per heavy atom. The minimum atomic E-state index is -0.979. The lowest BCUT2D eigenvalue weighted by atomic mass is 10.00. The van der Waals surface area contributed by atoms with Gasteiger partial charge < -0.3 is 16.0 Å². The average Bonchev–Trinajstić information content (AvgIpc) is 3.09. The van der Waals surface area contributed by atoms with Gasteiger partial charge in [-0.25, -0.2) is 0 Å². The van der Waals surface area contributed by atoms with E-state index < -0.39 is 41.4 Å². The highest BCUT2D eigenvalue weighted by molar-refractivity contribution is 7.10. The Kier molecular flexibility index (Phi) is 6.62. The standard InChI is InChI=1S/C17H21N3O5S/c1-9(2)13(16(24)19-11-5-6-18-17(25)14(11)22)20-15(23)12(21)8-10-4-3-7-26-10/h3-4,7,9,11,13H,5-6,8H2,1-2H3,(H,18,25)(H,19,24)(H,20,23). The van der Waals surface area contributed by atoms with Crippen LogP contribution in [0.4, 0.5) is 0 Å². The number of piperidine rings is 1. The molecule has 140 valence electrons. The van der Waals surface area contributed by atoms with Crippen LogP contribution in [0.3, 0.4) is 0 Å². The molecule has 0 radical (unpaired) electrons. The molecule has 1 aliphatic rings. The Bertz CT molecular complexity index is 714. The molecule has 0 spiro atoms. The Hall–Kier alpha value is -2.55. The number of hydrogen-bond acceptors (Lipinski definition) is 6. The van der Waals surface area contributed by atoms with Crippen LogP contribution in [-0.4, -0.2) is 47.9 Å². The second kappa shape index (κ2) is 8.70. The van der Waals surface area contributed by atoms with Crippen LogP contribution < -0.4 is 16.0 Å². The number of ketones is 2. The first-order chi connectivity index (χ1) is 12.3. The van der Waals surface area contributed by atoms with Gasteiger partial charge in [-0.2, -0.15) is 0 Å². The van der Waals surface area contributed by atoms with Crippen LogP contribution in [0.5, 0.6) is 0 Å². The molecule has 3 N–H and O–H groups in total. The number of nitrogens with one attached hydrogen (secondary N) is 3. The average molecular weight is 379 g/mol. The Labute approximate surface area is 154 Å². The van der Waals surface area contributed by atoms with Crippen LogP contribution in [0, 0.1) is 5.92 Å². The highest BCUT2D eigenvalue weighted by atomic mass is 32.1. The summed E-state index contributed by atoms with van der Waals surface area (Å²) >= 11 is 1.37. The molecule has 0 aliphatic carbocycles. The molecule has 26 heavy (non-hydrogen) atoms. The van der Waals surface area contributed by atoms with Gasteiger partial charge in [-0.3, -0.25) is 24.0 Å². The molecule has 3 amide bonds. The molecule has 0 aromatic carbocycles. The van der Waals surface area contributed by atoms with Gasteiger partial charge in [0.05, 0.1) is 12.5 Å². The van der Waals surface area contributed by atoms with E-state index >= 15 is 0 Å². The summed E-state index contributed by atoms with van der Waals surface area (Å²) in [5, 5.41) is 9.14. The number of carbonyl (C=O) groups excluding carboxylic acids is 5. The molecule has 0 bridgehead atoms. The zero-order valence-corrected chi connectivity index (χ0v) is 15.4. The Balaban J connectivity index is 1.97. The summed E-state index contributed by atoms with van der Waals surface area (Å²) in [6.07, 6.45) is 0.254. The van der Waals surface area contributed by atoms with Crippen molar-refractivity contribution in [1.29, 1.82) is 0 Å². The molecule has 1 fully saturated rings. The lowest BCUT2D eigenvalue weighted by molar-refractivity contribution is -0.142. The van der Waals surface area contributed by atoms with Crippen molar-refractivity contribution in [3.63, 3.8) is 0 Å². The van der Waals surface area contributed by atoms with Crippen molar-refractivity contribution in [1.82, 2.24) is 16.0 Å². The van der Waals surface area contributed by atoms with E-state index in [4.69, 9.17) is 0 Å². The van der Waals surface area contributed by atoms with Crippen molar-refractivity contribution in [3.8, 4) is 0 Å². The molecule has 9 heteroatoms. The fourth-order valence-corrected chi connectivity index (χ4v) is 3.22. The molecule has 1 aromatic rings. The van der Waals surface area contributed by atoms with Gasteiger partial charge in [0.25, 0.3) is 11.8 Å². The van der Waals surface area contributed by atoms with E-state index in [2.05, 4.69) is 16.0 Å². The fourth-order valence-electron chi connectivity index (χ4n) is 2.51. The van der Waals surface area contributed by atoms with Crippen LogP contribution in [-0.2, 0) is 30.4 Å². The van der Waals surface area contributed by atoms with Crippen molar-refractivity contribution in [3.05, 3.63) is 22.4 Å².